The van der Waals surface area contributed by atoms with Crippen LogP contribution in [0, 0.1) is 17.5 Å². The van der Waals surface area contributed by atoms with Gasteiger partial charge in [0.05, 0.1) is 16.7 Å². The highest BCUT2D eigenvalue weighted by Crippen LogP contribution is 2.32. The van der Waals surface area contributed by atoms with Crippen molar-refractivity contribution in [2.24, 2.45) is 0 Å². The maximum absolute atomic E-state index is 13.7. The molecule has 4 nitrogen and oxygen atoms in total. The van der Waals surface area contributed by atoms with Gasteiger partial charge in [-0.2, -0.15) is 13.2 Å². The Morgan fingerprint density at radius 2 is 1.53 bits per heavy atom. The van der Waals surface area contributed by atoms with Crippen molar-refractivity contribution in [3.63, 3.8) is 0 Å². The minimum Gasteiger partial charge on any atom is -0.349 e. The summed E-state index contributed by atoms with van der Waals surface area (Å²) in [4.78, 5) is 25.9. The van der Waals surface area contributed by atoms with E-state index in [9.17, 15) is 35.9 Å². The van der Waals surface area contributed by atoms with Crippen molar-refractivity contribution in [1.82, 2.24) is 10.2 Å². The van der Waals surface area contributed by atoms with Crippen LogP contribution < -0.4 is 5.32 Å². The lowest BCUT2D eigenvalue weighted by Crippen LogP contribution is -2.47. The van der Waals surface area contributed by atoms with Crippen LogP contribution in [0.3, 0.4) is 0 Å². The van der Waals surface area contributed by atoms with Crippen LogP contribution in [0.5, 0.6) is 0 Å². The van der Waals surface area contributed by atoms with E-state index in [4.69, 9.17) is 0 Å². The molecule has 1 saturated heterocycles. The highest BCUT2D eigenvalue weighted by molar-refractivity contribution is 5.96. The number of rotatable bonds is 3. The maximum Gasteiger partial charge on any atom is 0.417 e. The fraction of sp³-hybridized carbons (Fsp3) is 0.300. The van der Waals surface area contributed by atoms with Crippen molar-refractivity contribution in [3.05, 3.63) is 70.5 Å². The Kier molecular flexibility index (Phi) is 6.04. The lowest BCUT2D eigenvalue weighted by Gasteiger charge is -2.33. The van der Waals surface area contributed by atoms with Gasteiger partial charge in [0.1, 0.15) is 0 Å². The molecule has 3 rings (SSSR count). The Balaban J connectivity index is 1.64. The van der Waals surface area contributed by atoms with E-state index >= 15 is 0 Å². The standard InChI is InChI=1S/C20H16F6N2O2/c21-15-6-5-13(16(22)17(15)23)18(29)27-11-7-9-28(10-8-11)19(30)12-3-1-2-4-14(12)20(24,25)26/h1-6,11H,7-10H2,(H,27,29). The molecule has 1 aliphatic rings. The van der Waals surface area contributed by atoms with Gasteiger partial charge in [0.25, 0.3) is 11.8 Å². The van der Waals surface area contributed by atoms with Gasteiger partial charge in [-0.3, -0.25) is 9.59 Å². The molecule has 160 valence electrons. The number of benzene rings is 2. The smallest absolute Gasteiger partial charge is 0.349 e. The number of alkyl halides is 3. The van der Waals surface area contributed by atoms with Crippen LogP contribution in [-0.4, -0.2) is 35.8 Å². The van der Waals surface area contributed by atoms with Crippen LogP contribution in [0.1, 0.15) is 39.1 Å². The summed E-state index contributed by atoms with van der Waals surface area (Å²) in [5.74, 6) is -6.51. The van der Waals surface area contributed by atoms with E-state index in [1.54, 1.807) is 0 Å². The normalized spacial score (nSPS) is 15.2. The zero-order valence-corrected chi connectivity index (χ0v) is 15.4. The molecule has 1 heterocycles. The van der Waals surface area contributed by atoms with Gasteiger partial charge < -0.3 is 10.2 Å². The Bertz CT molecular complexity index is 968. The summed E-state index contributed by atoms with van der Waals surface area (Å²) < 4.78 is 79.4. The molecule has 0 saturated carbocycles. The molecular weight excluding hydrogens is 414 g/mol. The molecule has 1 fully saturated rings. The number of carbonyl (C=O) groups is 2. The first-order chi connectivity index (χ1) is 14.1. The molecule has 30 heavy (non-hydrogen) atoms. The quantitative estimate of drug-likeness (QED) is 0.588. The second kappa shape index (κ2) is 8.37. The third kappa shape index (κ3) is 4.42. The van der Waals surface area contributed by atoms with E-state index in [0.29, 0.717) is 6.07 Å². The van der Waals surface area contributed by atoms with Gasteiger partial charge in [0.2, 0.25) is 0 Å². The molecule has 0 spiro atoms. The first-order valence-corrected chi connectivity index (χ1v) is 8.99. The van der Waals surface area contributed by atoms with Gasteiger partial charge in [-0.05, 0) is 37.1 Å². The van der Waals surface area contributed by atoms with Crippen LogP contribution in [0.4, 0.5) is 26.3 Å². The third-order valence-electron chi connectivity index (χ3n) is 4.86. The average Bonchev–Trinajstić information content (AvgIpc) is 2.71. The Morgan fingerprint density at radius 1 is 0.900 bits per heavy atom. The maximum atomic E-state index is 13.7. The molecule has 0 aromatic heterocycles. The number of nitrogens with zero attached hydrogens (tertiary/aromatic N) is 1. The lowest BCUT2D eigenvalue weighted by atomic mass is 10.0. The highest BCUT2D eigenvalue weighted by Gasteiger charge is 2.36. The molecule has 0 atom stereocenters. The van der Waals surface area contributed by atoms with Gasteiger partial charge in [-0.15, -0.1) is 0 Å². The van der Waals surface area contributed by atoms with Crippen LogP contribution in [-0.2, 0) is 6.18 Å². The van der Waals surface area contributed by atoms with Gasteiger partial charge in [0, 0.05) is 19.1 Å². The van der Waals surface area contributed by atoms with Crippen molar-refractivity contribution < 1.29 is 35.9 Å². The first-order valence-electron chi connectivity index (χ1n) is 8.99. The molecule has 1 aliphatic heterocycles. The topological polar surface area (TPSA) is 49.4 Å². The monoisotopic (exact) mass is 430 g/mol. The average molecular weight is 430 g/mol. The molecule has 0 radical (unpaired) electrons. The molecule has 2 aromatic carbocycles. The number of carbonyl (C=O) groups excluding carboxylic acids is 2. The molecule has 0 unspecified atom stereocenters. The minimum absolute atomic E-state index is 0.0657. The summed E-state index contributed by atoms with van der Waals surface area (Å²) in [6.45, 7) is 0.131. The van der Waals surface area contributed by atoms with Gasteiger partial charge >= 0.3 is 6.18 Å². The molecular formula is C20H16F6N2O2. The molecule has 0 bridgehead atoms. The largest absolute Gasteiger partial charge is 0.417 e. The zero-order valence-electron chi connectivity index (χ0n) is 15.4. The number of piperidine rings is 1. The van der Waals surface area contributed by atoms with E-state index in [1.807, 2.05) is 0 Å². The Labute approximate surface area is 167 Å². The fourth-order valence-corrected chi connectivity index (χ4v) is 3.28. The van der Waals surface area contributed by atoms with Crippen molar-refractivity contribution >= 4 is 11.8 Å². The number of halogens is 6. The fourth-order valence-electron chi connectivity index (χ4n) is 3.28. The van der Waals surface area contributed by atoms with E-state index in [-0.39, 0.29) is 25.9 Å². The second-order valence-corrected chi connectivity index (χ2v) is 6.81. The number of hydrogen-bond donors (Lipinski definition) is 1. The summed E-state index contributed by atoms with van der Waals surface area (Å²) >= 11 is 0. The Hall–Kier alpha value is -3.04. The van der Waals surface area contributed by atoms with Crippen molar-refractivity contribution in [1.29, 1.82) is 0 Å². The predicted octanol–water partition coefficient (Wildman–Crippen LogP) is 4.16. The second-order valence-electron chi connectivity index (χ2n) is 6.81. The summed E-state index contributed by atoms with van der Waals surface area (Å²) in [6, 6.07) is 5.40. The van der Waals surface area contributed by atoms with Crippen LogP contribution in [0.25, 0.3) is 0 Å². The number of hydrogen-bond acceptors (Lipinski definition) is 2. The van der Waals surface area contributed by atoms with E-state index in [0.717, 1.165) is 18.2 Å². The van der Waals surface area contributed by atoms with E-state index < -0.39 is 58.2 Å². The number of likely N-dealkylation sites (tertiary alicyclic amines) is 1. The third-order valence-corrected chi connectivity index (χ3v) is 4.86. The van der Waals surface area contributed by atoms with Crippen LogP contribution in [0.2, 0.25) is 0 Å². The zero-order chi connectivity index (χ0) is 22.1. The van der Waals surface area contributed by atoms with Crippen molar-refractivity contribution in [3.8, 4) is 0 Å². The SMILES string of the molecule is O=C(NC1CCN(C(=O)c2ccccc2C(F)(F)F)CC1)c1ccc(F)c(F)c1F. The molecule has 1 N–H and O–H groups in total. The van der Waals surface area contributed by atoms with Gasteiger partial charge in [-0.25, -0.2) is 13.2 Å². The van der Waals surface area contributed by atoms with Crippen molar-refractivity contribution in [2.45, 2.75) is 25.1 Å². The molecule has 0 aliphatic carbocycles. The van der Waals surface area contributed by atoms with E-state index in [1.165, 1.54) is 17.0 Å². The number of nitrogens with one attached hydrogen (secondary N) is 1. The molecule has 2 aromatic rings. The number of amides is 2. The Morgan fingerprint density at radius 3 is 2.17 bits per heavy atom. The van der Waals surface area contributed by atoms with Gasteiger partial charge in [-0.1, -0.05) is 12.1 Å². The summed E-state index contributed by atoms with van der Waals surface area (Å²) in [5.41, 5.74) is -2.15. The first kappa shape index (κ1) is 21.7. The van der Waals surface area contributed by atoms with Crippen LogP contribution in [0.15, 0.2) is 36.4 Å². The summed E-state index contributed by atoms with van der Waals surface area (Å²) in [5, 5.41) is 2.47. The van der Waals surface area contributed by atoms with E-state index in [2.05, 4.69) is 5.32 Å². The predicted molar refractivity (Wildman–Crippen MR) is 94.2 cm³/mol. The molecule has 2 amide bonds. The van der Waals surface area contributed by atoms with Crippen LogP contribution >= 0.6 is 0 Å². The minimum atomic E-state index is -4.67. The lowest BCUT2D eigenvalue weighted by molar-refractivity contribution is -0.138. The molecule has 10 heteroatoms. The highest BCUT2D eigenvalue weighted by atomic mass is 19.4. The summed E-state index contributed by atoms with van der Waals surface area (Å²) in [6.07, 6.45) is -4.26. The van der Waals surface area contributed by atoms with Gasteiger partial charge in [0.15, 0.2) is 17.5 Å². The summed E-state index contributed by atoms with van der Waals surface area (Å²) in [7, 11) is 0. The van der Waals surface area contributed by atoms with Crippen molar-refractivity contribution in [2.75, 3.05) is 13.1 Å².